The van der Waals surface area contributed by atoms with Gasteiger partial charge in [-0.1, -0.05) is 20.3 Å². The van der Waals surface area contributed by atoms with Crippen molar-refractivity contribution in [3.05, 3.63) is 18.6 Å². The van der Waals surface area contributed by atoms with Gasteiger partial charge in [0.15, 0.2) is 17.3 Å². The molecule has 0 saturated heterocycles. The van der Waals surface area contributed by atoms with E-state index < -0.39 is 0 Å². The number of aromatic nitrogens is 3. The zero-order chi connectivity index (χ0) is 14.5. The number of nitrogens with two attached hydrogens (primary N) is 1. The Kier molecular flexibility index (Phi) is 4.79. The normalized spacial score (nSPS) is 12.6. The molecule has 0 aliphatic carbocycles. The predicted molar refractivity (Wildman–Crippen MR) is 82.8 cm³/mol. The van der Waals surface area contributed by atoms with Gasteiger partial charge in [-0.05, 0) is 19.8 Å². The van der Waals surface area contributed by atoms with Crippen LogP contribution in [0.4, 0.5) is 11.6 Å². The minimum Gasteiger partial charge on any atom is -0.351 e. The van der Waals surface area contributed by atoms with Gasteiger partial charge in [0.25, 0.3) is 0 Å². The lowest BCUT2D eigenvalue weighted by atomic mass is 10.2. The standard InChI is InChI=1S/C14H24N6/c1-4-6-8-20(11(3)5-2)14-13-16-7-9-19(13)10-12(17-14)18-15/h7,9-11,18H,4-6,8,15H2,1-3H3. The highest BCUT2D eigenvalue weighted by Crippen LogP contribution is 2.23. The molecular weight excluding hydrogens is 252 g/mol. The van der Waals surface area contributed by atoms with Gasteiger partial charge < -0.3 is 14.7 Å². The second kappa shape index (κ2) is 6.56. The molecular formula is C14H24N6. The first-order chi connectivity index (χ1) is 9.71. The van der Waals surface area contributed by atoms with Gasteiger partial charge >= 0.3 is 0 Å². The van der Waals surface area contributed by atoms with Gasteiger partial charge in [-0.25, -0.2) is 15.8 Å². The molecule has 1 atom stereocenters. The first-order valence-corrected chi connectivity index (χ1v) is 7.28. The summed E-state index contributed by atoms with van der Waals surface area (Å²) in [7, 11) is 0. The first-order valence-electron chi connectivity index (χ1n) is 7.28. The molecule has 0 aromatic carbocycles. The van der Waals surface area contributed by atoms with E-state index >= 15 is 0 Å². The van der Waals surface area contributed by atoms with Gasteiger partial charge in [-0.2, -0.15) is 0 Å². The maximum Gasteiger partial charge on any atom is 0.180 e. The monoisotopic (exact) mass is 276 g/mol. The number of nitrogen functional groups attached to an aromatic ring is 1. The van der Waals surface area contributed by atoms with Crippen molar-refractivity contribution in [3.63, 3.8) is 0 Å². The summed E-state index contributed by atoms with van der Waals surface area (Å²) in [6.45, 7) is 7.59. The Hall–Kier alpha value is -1.82. The van der Waals surface area contributed by atoms with Gasteiger partial charge in [0.1, 0.15) is 0 Å². The van der Waals surface area contributed by atoms with Gasteiger partial charge in [-0.3, -0.25) is 0 Å². The fraction of sp³-hybridized carbons (Fsp3) is 0.571. The Morgan fingerprint density at radius 3 is 2.90 bits per heavy atom. The minimum atomic E-state index is 0.419. The molecule has 6 nitrogen and oxygen atoms in total. The molecule has 0 bridgehead atoms. The van der Waals surface area contributed by atoms with Crippen LogP contribution in [0.25, 0.3) is 5.65 Å². The smallest absolute Gasteiger partial charge is 0.180 e. The SMILES string of the molecule is CCCCN(c1nc(NN)cn2ccnc12)C(C)CC. The third-order valence-corrected chi connectivity index (χ3v) is 3.65. The fourth-order valence-electron chi connectivity index (χ4n) is 2.26. The Balaban J connectivity index is 2.47. The molecule has 0 amide bonds. The average molecular weight is 276 g/mol. The molecule has 1 unspecified atom stereocenters. The molecule has 6 heteroatoms. The van der Waals surface area contributed by atoms with Crippen molar-refractivity contribution in [2.24, 2.45) is 5.84 Å². The van der Waals surface area contributed by atoms with Crippen LogP contribution < -0.4 is 16.2 Å². The fourth-order valence-corrected chi connectivity index (χ4v) is 2.26. The molecule has 0 aliphatic heterocycles. The van der Waals surface area contributed by atoms with E-state index in [1.807, 2.05) is 16.8 Å². The van der Waals surface area contributed by atoms with Crippen LogP contribution in [0, 0.1) is 0 Å². The van der Waals surface area contributed by atoms with Crippen molar-refractivity contribution in [2.75, 3.05) is 16.9 Å². The van der Waals surface area contributed by atoms with E-state index in [9.17, 15) is 0 Å². The third kappa shape index (κ3) is 2.85. The molecule has 2 aromatic rings. The number of anilines is 2. The molecule has 2 rings (SSSR count). The Bertz CT molecular complexity index is 550. The van der Waals surface area contributed by atoms with E-state index in [0.29, 0.717) is 11.9 Å². The van der Waals surface area contributed by atoms with Crippen LogP contribution >= 0.6 is 0 Å². The summed E-state index contributed by atoms with van der Waals surface area (Å²) in [5.74, 6) is 7.07. The van der Waals surface area contributed by atoms with E-state index in [-0.39, 0.29) is 0 Å². The number of unbranched alkanes of at least 4 members (excludes halogenated alkanes) is 1. The molecule has 0 saturated carbocycles. The number of nitrogens with one attached hydrogen (secondary N) is 1. The van der Waals surface area contributed by atoms with E-state index in [0.717, 1.165) is 37.3 Å². The van der Waals surface area contributed by atoms with Crippen molar-refractivity contribution in [1.82, 2.24) is 14.4 Å². The Morgan fingerprint density at radius 1 is 1.45 bits per heavy atom. The summed E-state index contributed by atoms with van der Waals surface area (Å²) in [5.41, 5.74) is 3.51. The zero-order valence-electron chi connectivity index (χ0n) is 12.5. The van der Waals surface area contributed by atoms with Crippen LogP contribution in [0.5, 0.6) is 0 Å². The van der Waals surface area contributed by atoms with Crippen molar-refractivity contribution in [1.29, 1.82) is 0 Å². The zero-order valence-corrected chi connectivity index (χ0v) is 12.5. The van der Waals surface area contributed by atoms with Crippen LogP contribution in [0.3, 0.4) is 0 Å². The van der Waals surface area contributed by atoms with Gasteiger partial charge in [0.2, 0.25) is 0 Å². The first kappa shape index (κ1) is 14.6. The number of hydrogen-bond acceptors (Lipinski definition) is 5. The Labute approximate surface area is 120 Å². The second-order valence-corrected chi connectivity index (χ2v) is 5.06. The maximum absolute atomic E-state index is 5.52. The predicted octanol–water partition coefficient (Wildman–Crippen LogP) is 2.42. The number of hydrogen-bond donors (Lipinski definition) is 2. The summed E-state index contributed by atoms with van der Waals surface area (Å²) in [4.78, 5) is 11.4. The molecule has 0 radical (unpaired) electrons. The highest BCUT2D eigenvalue weighted by molar-refractivity contribution is 5.67. The summed E-state index contributed by atoms with van der Waals surface area (Å²) < 4.78 is 1.96. The van der Waals surface area contributed by atoms with Crippen LogP contribution in [0.2, 0.25) is 0 Å². The summed E-state index contributed by atoms with van der Waals surface area (Å²) in [5, 5.41) is 0. The third-order valence-electron chi connectivity index (χ3n) is 3.65. The van der Waals surface area contributed by atoms with Crippen molar-refractivity contribution < 1.29 is 0 Å². The summed E-state index contributed by atoms with van der Waals surface area (Å²) in [6, 6.07) is 0.419. The van der Waals surface area contributed by atoms with Gasteiger partial charge in [0.05, 0.1) is 6.20 Å². The number of hydrazine groups is 1. The van der Waals surface area contributed by atoms with E-state index in [1.54, 1.807) is 6.20 Å². The number of imidazole rings is 1. The van der Waals surface area contributed by atoms with Crippen LogP contribution in [-0.2, 0) is 0 Å². The number of rotatable bonds is 7. The summed E-state index contributed by atoms with van der Waals surface area (Å²) in [6.07, 6.45) is 8.91. The lowest BCUT2D eigenvalue weighted by Crippen LogP contribution is -2.35. The Morgan fingerprint density at radius 2 is 2.25 bits per heavy atom. The minimum absolute atomic E-state index is 0.419. The lowest BCUT2D eigenvalue weighted by molar-refractivity contribution is 0.590. The van der Waals surface area contributed by atoms with E-state index in [2.05, 4.69) is 41.1 Å². The number of nitrogens with zero attached hydrogens (tertiary/aromatic N) is 4. The van der Waals surface area contributed by atoms with Gasteiger partial charge in [0, 0.05) is 25.0 Å². The topological polar surface area (TPSA) is 71.5 Å². The molecule has 3 N–H and O–H groups in total. The van der Waals surface area contributed by atoms with Crippen LogP contribution in [0.1, 0.15) is 40.0 Å². The lowest BCUT2D eigenvalue weighted by Gasteiger charge is -2.30. The van der Waals surface area contributed by atoms with Crippen molar-refractivity contribution in [2.45, 2.75) is 46.1 Å². The highest BCUT2D eigenvalue weighted by Gasteiger charge is 2.18. The number of fused-ring (bicyclic) bond motifs is 1. The van der Waals surface area contributed by atoms with Crippen molar-refractivity contribution in [3.8, 4) is 0 Å². The van der Waals surface area contributed by atoms with Gasteiger partial charge in [-0.15, -0.1) is 0 Å². The molecule has 2 heterocycles. The molecule has 110 valence electrons. The average Bonchev–Trinajstić information content (AvgIpc) is 2.95. The highest BCUT2D eigenvalue weighted by atomic mass is 15.3. The van der Waals surface area contributed by atoms with Crippen molar-refractivity contribution >= 4 is 17.3 Å². The van der Waals surface area contributed by atoms with Crippen LogP contribution in [-0.4, -0.2) is 27.0 Å². The molecule has 0 fully saturated rings. The quantitative estimate of drug-likeness (QED) is 0.600. The largest absolute Gasteiger partial charge is 0.351 e. The second-order valence-electron chi connectivity index (χ2n) is 5.06. The molecule has 2 aromatic heterocycles. The molecule has 0 spiro atoms. The molecule has 20 heavy (non-hydrogen) atoms. The van der Waals surface area contributed by atoms with Crippen LogP contribution in [0.15, 0.2) is 18.6 Å². The summed E-state index contributed by atoms with van der Waals surface area (Å²) >= 11 is 0. The molecule has 0 aliphatic rings. The van der Waals surface area contributed by atoms with E-state index in [1.165, 1.54) is 0 Å². The maximum atomic E-state index is 5.52. The van der Waals surface area contributed by atoms with E-state index in [4.69, 9.17) is 5.84 Å².